The number of allylic oxidation sites excluding steroid dienone is 2. The maximum atomic E-state index is 11.8. The van der Waals surface area contributed by atoms with Crippen LogP contribution in [0.3, 0.4) is 0 Å². The average molecular weight is 503 g/mol. The number of rotatable bonds is 11. The minimum Gasteiger partial charge on any atom is -0.489 e. The van der Waals surface area contributed by atoms with Gasteiger partial charge in [0.25, 0.3) is 0 Å². The van der Waals surface area contributed by atoms with Crippen LogP contribution in [0.5, 0.6) is 5.75 Å². The van der Waals surface area contributed by atoms with Crippen LogP contribution in [-0.4, -0.2) is 30.9 Å². The van der Waals surface area contributed by atoms with Gasteiger partial charge in [0, 0.05) is 17.7 Å². The van der Waals surface area contributed by atoms with Crippen LogP contribution < -0.4 is 4.74 Å². The van der Waals surface area contributed by atoms with E-state index in [2.05, 4.69) is 55.1 Å². The second kappa shape index (κ2) is 13.6. The van der Waals surface area contributed by atoms with Gasteiger partial charge < -0.3 is 14.6 Å². The predicted molar refractivity (Wildman–Crippen MR) is 150 cm³/mol. The molecule has 4 nitrogen and oxygen atoms in total. The maximum absolute atomic E-state index is 11.8. The largest absolute Gasteiger partial charge is 0.489 e. The minimum atomic E-state index is -0.393. The fourth-order valence-electron chi connectivity index (χ4n) is 5.77. The molecule has 4 rings (SSSR count). The summed E-state index contributed by atoms with van der Waals surface area (Å²) >= 11 is 0. The summed E-state index contributed by atoms with van der Waals surface area (Å²) in [6, 6.07) is 15.0. The highest BCUT2D eigenvalue weighted by Gasteiger charge is 2.25. The van der Waals surface area contributed by atoms with E-state index in [4.69, 9.17) is 14.6 Å². The summed E-state index contributed by atoms with van der Waals surface area (Å²) in [5.41, 5.74) is 6.35. The maximum Gasteiger partial charge on any atom is 0.333 e. The molecule has 2 aliphatic carbocycles. The second-order valence-corrected chi connectivity index (χ2v) is 10.7. The first-order chi connectivity index (χ1) is 18.0. The Morgan fingerprint density at radius 3 is 2.41 bits per heavy atom. The Balaban J connectivity index is 1.50. The Morgan fingerprint density at radius 1 is 0.973 bits per heavy atom. The Morgan fingerprint density at radius 2 is 1.73 bits per heavy atom. The number of aliphatic hydroxyl groups excluding tert-OH is 1. The van der Waals surface area contributed by atoms with Crippen molar-refractivity contribution >= 4 is 11.5 Å². The Hall–Kier alpha value is -2.85. The molecule has 1 fully saturated rings. The third-order valence-electron chi connectivity index (χ3n) is 7.93. The van der Waals surface area contributed by atoms with Gasteiger partial charge in [-0.2, -0.15) is 0 Å². The van der Waals surface area contributed by atoms with Gasteiger partial charge in [-0.3, -0.25) is 0 Å². The van der Waals surface area contributed by atoms with E-state index in [1.54, 1.807) is 6.92 Å². The third kappa shape index (κ3) is 7.58. The molecular formula is C33H42O4. The molecule has 0 bridgehead atoms. The standard InChI is InChI=1S/C33H42O4/c1-24(2)33(35)37-22-21-36-32-23-30(28-16-14-27(15-17-28)26-8-4-3-5-9-26)18-19-31(32)29-12-10-25(11-13-29)7-6-20-34/h10-13,16,18-19,23,26-27,34H,1,3-9,14-15,17,20-22H2,2H3. The van der Waals surface area contributed by atoms with Crippen LogP contribution in [0.2, 0.25) is 0 Å². The summed E-state index contributed by atoms with van der Waals surface area (Å²) in [4.78, 5) is 11.8. The molecule has 0 heterocycles. The SMILES string of the molecule is C=C(C)C(=O)OCCOc1cc(C2=CCC(C3CCCCC3)CC2)ccc1-c1ccc(CCCO)cc1. The van der Waals surface area contributed by atoms with Gasteiger partial charge in [0.1, 0.15) is 19.0 Å². The summed E-state index contributed by atoms with van der Waals surface area (Å²) in [5.74, 6) is 2.17. The van der Waals surface area contributed by atoms with E-state index in [0.29, 0.717) is 5.57 Å². The zero-order valence-electron chi connectivity index (χ0n) is 22.3. The zero-order chi connectivity index (χ0) is 26.0. The van der Waals surface area contributed by atoms with Crippen LogP contribution in [0.4, 0.5) is 0 Å². The highest BCUT2D eigenvalue weighted by Crippen LogP contribution is 2.41. The molecule has 0 aliphatic heterocycles. The molecule has 198 valence electrons. The Kier molecular flexibility index (Phi) is 10.0. The molecule has 0 spiro atoms. The topological polar surface area (TPSA) is 55.8 Å². The van der Waals surface area contributed by atoms with Crippen molar-refractivity contribution < 1.29 is 19.4 Å². The van der Waals surface area contributed by atoms with Gasteiger partial charge in [0.15, 0.2) is 0 Å². The molecule has 1 unspecified atom stereocenters. The van der Waals surface area contributed by atoms with E-state index < -0.39 is 5.97 Å². The molecule has 0 amide bonds. The highest BCUT2D eigenvalue weighted by atomic mass is 16.6. The van der Waals surface area contributed by atoms with Crippen LogP contribution in [0.1, 0.15) is 75.8 Å². The number of aliphatic hydroxyl groups is 1. The van der Waals surface area contributed by atoms with Crippen LogP contribution in [-0.2, 0) is 16.0 Å². The van der Waals surface area contributed by atoms with Crippen molar-refractivity contribution in [2.45, 2.75) is 71.1 Å². The third-order valence-corrected chi connectivity index (χ3v) is 7.93. The van der Waals surface area contributed by atoms with Crippen molar-refractivity contribution in [2.75, 3.05) is 19.8 Å². The number of carbonyl (C=O) groups excluding carboxylic acids is 1. The van der Waals surface area contributed by atoms with Crippen LogP contribution in [0.25, 0.3) is 16.7 Å². The van der Waals surface area contributed by atoms with Crippen molar-refractivity contribution in [3.63, 3.8) is 0 Å². The molecule has 37 heavy (non-hydrogen) atoms. The lowest BCUT2D eigenvalue weighted by Gasteiger charge is -2.32. The van der Waals surface area contributed by atoms with E-state index in [0.717, 1.165) is 48.0 Å². The number of esters is 1. The van der Waals surface area contributed by atoms with Gasteiger partial charge in [0.05, 0.1) is 0 Å². The Bertz CT molecular complexity index is 1080. The number of ether oxygens (including phenoxy) is 2. The molecular weight excluding hydrogens is 460 g/mol. The molecule has 0 radical (unpaired) electrons. The van der Waals surface area contributed by atoms with Crippen molar-refractivity contribution in [3.8, 4) is 16.9 Å². The van der Waals surface area contributed by atoms with Crippen molar-refractivity contribution in [1.29, 1.82) is 0 Å². The average Bonchev–Trinajstić information content (AvgIpc) is 2.95. The molecule has 2 aromatic rings. The molecule has 1 atom stereocenters. The van der Waals surface area contributed by atoms with Crippen molar-refractivity contribution in [3.05, 3.63) is 71.8 Å². The van der Waals surface area contributed by atoms with Crippen LogP contribution in [0, 0.1) is 11.8 Å². The monoisotopic (exact) mass is 502 g/mol. The summed E-state index contributed by atoms with van der Waals surface area (Å²) in [6.07, 6.45) is 14.7. The summed E-state index contributed by atoms with van der Waals surface area (Å²) < 4.78 is 11.4. The van der Waals surface area contributed by atoms with Gasteiger partial charge in [-0.15, -0.1) is 0 Å². The highest BCUT2D eigenvalue weighted by molar-refractivity contribution is 5.86. The van der Waals surface area contributed by atoms with E-state index in [1.165, 1.54) is 61.6 Å². The molecule has 0 saturated heterocycles. The number of aryl methyl sites for hydroxylation is 1. The van der Waals surface area contributed by atoms with E-state index >= 15 is 0 Å². The molecule has 4 heteroatoms. The first-order valence-electron chi connectivity index (χ1n) is 14.0. The predicted octanol–water partition coefficient (Wildman–Crippen LogP) is 7.54. The number of benzene rings is 2. The van der Waals surface area contributed by atoms with Crippen LogP contribution in [0.15, 0.2) is 60.7 Å². The number of hydrogen-bond donors (Lipinski definition) is 1. The van der Waals surface area contributed by atoms with E-state index in [9.17, 15) is 4.79 Å². The lowest BCUT2D eigenvalue weighted by Crippen LogP contribution is -2.19. The summed E-state index contributed by atoms with van der Waals surface area (Å²) in [6.45, 7) is 5.95. The fourth-order valence-corrected chi connectivity index (χ4v) is 5.77. The van der Waals surface area contributed by atoms with E-state index in [1.807, 2.05) is 0 Å². The lowest BCUT2D eigenvalue weighted by molar-refractivity contribution is -0.139. The van der Waals surface area contributed by atoms with Crippen LogP contribution >= 0.6 is 0 Å². The number of carbonyl (C=O) groups is 1. The molecule has 1 saturated carbocycles. The van der Waals surface area contributed by atoms with Gasteiger partial charge in [-0.25, -0.2) is 4.79 Å². The Labute approximate surface area is 222 Å². The molecule has 1 N–H and O–H groups in total. The summed E-state index contributed by atoms with van der Waals surface area (Å²) in [5, 5.41) is 9.12. The lowest BCUT2D eigenvalue weighted by atomic mass is 9.73. The summed E-state index contributed by atoms with van der Waals surface area (Å²) in [7, 11) is 0. The van der Waals surface area contributed by atoms with Gasteiger partial charge in [0.2, 0.25) is 0 Å². The van der Waals surface area contributed by atoms with Crippen molar-refractivity contribution in [1.82, 2.24) is 0 Å². The fraction of sp³-hybridized carbons (Fsp3) is 0.485. The normalized spacial score (nSPS) is 18.2. The van der Waals surface area contributed by atoms with Gasteiger partial charge >= 0.3 is 5.97 Å². The molecule has 2 aliphatic rings. The van der Waals surface area contributed by atoms with Gasteiger partial charge in [-0.05, 0) is 79.2 Å². The van der Waals surface area contributed by atoms with Gasteiger partial charge in [-0.1, -0.05) is 81.2 Å². The number of hydrogen-bond acceptors (Lipinski definition) is 4. The molecule has 0 aromatic heterocycles. The second-order valence-electron chi connectivity index (χ2n) is 10.7. The first-order valence-corrected chi connectivity index (χ1v) is 14.0. The molecule has 2 aromatic carbocycles. The van der Waals surface area contributed by atoms with E-state index in [-0.39, 0.29) is 19.8 Å². The van der Waals surface area contributed by atoms with Crippen molar-refractivity contribution in [2.24, 2.45) is 11.8 Å². The first kappa shape index (κ1) is 27.2. The quantitative estimate of drug-likeness (QED) is 0.196. The smallest absolute Gasteiger partial charge is 0.333 e. The minimum absolute atomic E-state index is 0.182. The zero-order valence-corrected chi connectivity index (χ0v) is 22.3.